The maximum atomic E-state index is 11.4. The van der Waals surface area contributed by atoms with Gasteiger partial charge >= 0.3 is 19.2 Å². The lowest BCUT2D eigenvalue weighted by molar-refractivity contribution is -0.459. The summed E-state index contributed by atoms with van der Waals surface area (Å²) in [5, 5.41) is 4.27. The van der Waals surface area contributed by atoms with Crippen LogP contribution in [0.5, 0.6) is 0 Å². The Morgan fingerprint density at radius 1 is 1.37 bits per heavy atom. The summed E-state index contributed by atoms with van der Waals surface area (Å²) in [7, 11) is -3.56. The maximum absolute atomic E-state index is 11.4. The van der Waals surface area contributed by atoms with Gasteiger partial charge in [0.15, 0.2) is 0 Å². The van der Waals surface area contributed by atoms with E-state index >= 15 is 0 Å². The summed E-state index contributed by atoms with van der Waals surface area (Å²) in [6, 6.07) is -1.04. The van der Waals surface area contributed by atoms with E-state index in [9.17, 15) is 14.2 Å². The lowest BCUT2D eigenvalue weighted by Gasteiger charge is -2.16. The number of carbonyl (C=O) groups excluding carboxylic acids is 2. The highest BCUT2D eigenvalue weighted by Crippen LogP contribution is 2.35. The van der Waals surface area contributed by atoms with Gasteiger partial charge in [0.2, 0.25) is 5.91 Å². The molecular formula is C8H19N5O5P+. The van der Waals surface area contributed by atoms with Crippen molar-refractivity contribution in [3.8, 4) is 0 Å². The molecule has 0 aromatic carbocycles. The Morgan fingerprint density at radius 3 is 2.37 bits per heavy atom. The molecule has 9 N–H and O–H groups in total. The minimum Gasteiger partial charge on any atom is -0.357 e. The predicted octanol–water partition coefficient (Wildman–Crippen LogP) is -3.88. The molecule has 0 saturated heterocycles. The van der Waals surface area contributed by atoms with Crippen molar-refractivity contribution in [1.82, 2.24) is 10.6 Å². The zero-order valence-corrected chi connectivity index (χ0v) is 11.3. The molecule has 0 spiro atoms. The molecule has 1 unspecified atom stereocenters. The van der Waals surface area contributed by atoms with Crippen LogP contribution in [0.15, 0.2) is 0 Å². The minimum absolute atomic E-state index is 0.0238. The average Bonchev–Trinajstić information content (AvgIpc) is 2.30. The number of amides is 2. The number of nitrogens with two attached hydrogens (primary N) is 2. The quantitative estimate of drug-likeness (QED) is 0.108. The van der Waals surface area contributed by atoms with E-state index in [-0.39, 0.29) is 12.4 Å². The Kier molecular flexibility index (Phi) is 7.05. The fraction of sp³-hybridized carbons (Fsp3) is 0.625. The van der Waals surface area contributed by atoms with E-state index in [1.165, 1.54) is 7.05 Å². The highest BCUT2D eigenvalue weighted by Gasteiger charge is 2.30. The van der Waals surface area contributed by atoms with Crippen molar-refractivity contribution in [2.24, 2.45) is 11.5 Å². The van der Waals surface area contributed by atoms with Crippen molar-refractivity contribution in [2.45, 2.75) is 18.9 Å². The molecule has 0 rings (SSSR count). The standard InChI is InChI=1S/C8H18N5O5P/c1-11-6(14)5(3-2-4-12-7(9)10)13-8(15)19(16,17)18/h5H,2-4H2,1H3,(H,11,14)(H,13,15)(H4,9,10,12)(H2,16,17,18)/p+1. The normalized spacial score (nSPS) is 12.4. The first-order chi connectivity index (χ1) is 8.68. The summed E-state index contributed by atoms with van der Waals surface area (Å²) in [4.78, 5) is 42.5. The fourth-order valence-corrected chi connectivity index (χ4v) is 1.54. The Hall–Kier alpha value is -1.64. The van der Waals surface area contributed by atoms with E-state index in [4.69, 9.17) is 21.3 Å². The number of hydrogen-bond acceptors (Lipinski definition) is 3. The van der Waals surface area contributed by atoms with Crippen molar-refractivity contribution in [1.29, 1.82) is 0 Å². The van der Waals surface area contributed by atoms with Gasteiger partial charge in [-0.15, -0.1) is 0 Å². The third kappa shape index (κ3) is 7.39. The number of nitrogens with one attached hydrogen (secondary N) is 3. The molecule has 0 saturated carbocycles. The molecule has 10 nitrogen and oxygen atoms in total. The number of hydrogen-bond donors (Lipinski definition) is 7. The average molecular weight is 296 g/mol. The molecule has 11 heteroatoms. The van der Waals surface area contributed by atoms with E-state index in [0.717, 1.165) is 0 Å². The van der Waals surface area contributed by atoms with Crippen molar-refractivity contribution in [3.63, 3.8) is 0 Å². The Labute approximate surface area is 109 Å². The Morgan fingerprint density at radius 2 is 1.95 bits per heavy atom. The smallest absolute Gasteiger partial charge is 0.357 e. The van der Waals surface area contributed by atoms with Gasteiger partial charge in [0.25, 0.3) is 0 Å². The van der Waals surface area contributed by atoms with E-state index < -0.39 is 25.2 Å². The first kappa shape index (κ1) is 17.4. The molecule has 0 radical (unpaired) electrons. The third-order valence-electron chi connectivity index (χ3n) is 2.12. The summed E-state index contributed by atoms with van der Waals surface area (Å²) in [6.07, 6.45) is 0.586. The second-order valence-corrected chi connectivity index (χ2v) is 5.18. The lowest BCUT2D eigenvalue weighted by atomic mass is 10.1. The highest BCUT2D eigenvalue weighted by molar-refractivity contribution is 7.69. The van der Waals surface area contributed by atoms with Gasteiger partial charge in [-0.05, 0) is 12.8 Å². The van der Waals surface area contributed by atoms with Crippen LogP contribution in [0.3, 0.4) is 0 Å². The summed E-state index contributed by atoms with van der Waals surface area (Å²) in [5.74, 6) is -0.526. The van der Waals surface area contributed by atoms with Crippen LogP contribution in [-0.2, 0) is 9.36 Å². The van der Waals surface area contributed by atoms with Crippen LogP contribution < -0.4 is 27.1 Å². The third-order valence-corrected chi connectivity index (χ3v) is 2.78. The Balaban J connectivity index is 4.49. The maximum Gasteiger partial charge on any atom is 0.413 e. The number of carbonyl (C=O) groups is 2. The van der Waals surface area contributed by atoms with Crippen molar-refractivity contribution in [3.05, 3.63) is 0 Å². The summed E-state index contributed by atoms with van der Waals surface area (Å²) in [6.45, 7) is 0.363. The first-order valence-electron chi connectivity index (χ1n) is 5.38. The van der Waals surface area contributed by atoms with Gasteiger partial charge in [0, 0.05) is 7.05 Å². The molecule has 0 aliphatic carbocycles. The lowest BCUT2D eigenvalue weighted by Crippen LogP contribution is -2.78. The second kappa shape index (κ2) is 7.72. The van der Waals surface area contributed by atoms with Crippen molar-refractivity contribution in [2.75, 3.05) is 13.6 Å². The molecule has 0 aromatic rings. The Bertz CT molecular complexity index is 402. The molecular weight excluding hydrogens is 277 g/mol. The second-order valence-electron chi connectivity index (χ2n) is 3.68. The predicted molar refractivity (Wildman–Crippen MR) is 66.9 cm³/mol. The number of guanidine groups is 1. The first-order valence-corrected chi connectivity index (χ1v) is 6.99. The van der Waals surface area contributed by atoms with Crippen LogP contribution in [0.4, 0.5) is 4.79 Å². The van der Waals surface area contributed by atoms with Crippen LogP contribution >= 0.6 is 7.60 Å². The van der Waals surface area contributed by atoms with Crippen LogP contribution in [0.2, 0.25) is 0 Å². The SMILES string of the molecule is CNC(=O)C(CCC[NH+]=C(N)N)NC(=O)P(=O)(O)O. The van der Waals surface area contributed by atoms with Crippen LogP contribution in [0, 0.1) is 0 Å². The molecule has 1 atom stereocenters. The molecule has 0 aliphatic heterocycles. The molecule has 110 valence electrons. The van der Waals surface area contributed by atoms with Crippen LogP contribution in [0.25, 0.3) is 0 Å². The molecule has 0 bridgehead atoms. The van der Waals surface area contributed by atoms with Gasteiger partial charge in [0.05, 0.1) is 6.54 Å². The van der Waals surface area contributed by atoms with E-state index in [2.05, 4.69) is 10.3 Å². The summed E-state index contributed by atoms with van der Waals surface area (Å²) in [5.41, 5.74) is 8.84. The van der Waals surface area contributed by atoms with Gasteiger partial charge in [-0.2, -0.15) is 0 Å². The monoisotopic (exact) mass is 296 g/mol. The largest absolute Gasteiger partial charge is 0.413 e. The van der Waals surface area contributed by atoms with Gasteiger partial charge in [-0.1, -0.05) is 0 Å². The zero-order chi connectivity index (χ0) is 15.1. The van der Waals surface area contributed by atoms with Crippen molar-refractivity contribution >= 4 is 25.1 Å². The molecule has 2 amide bonds. The molecule has 0 heterocycles. The number of rotatable bonds is 7. The molecule has 0 aliphatic rings. The van der Waals surface area contributed by atoms with E-state index in [1.807, 2.05) is 5.32 Å². The van der Waals surface area contributed by atoms with Gasteiger partial charge in [-0.3, -0.25) is 26.0 Å². The molecule has 0 aromatic heterocycles. The molecule has 19 heavy (non-hydrogen) atoms. The summed E-state index contributed by atoms with van der Waals surface area (Å²) < 4.78 is 10.7. The highest BCUT2D eigenvalue weighted by atomic mass is 31.2. The number of likely N-dealkylation sites (N-methyl/N-ethyl adjacent to an activating group) is 1. The van der Waals surface area contributed by atoms with Gasteiger partial charge in [0.1, 0.15) is 6.04 Å². The summed E-state index contributed by atoms with van der Waals surface area (Å²) >= 11 is 0. The van der Waals surface area contributed by atoms with Crippen molar-refractivity contribution < 1.29 is 28.9 Å². The fourth-order valence-electron chi connectivity index (χ4n) is 1.22. The van der Waals surface area contributed by atoms with Crippen LogP contribution in [-0.4, -0.2) is 46.9 Å². The van der Waals surface area contributed by atoms with E-state index in [0.29, 0.717) is 13.0 Å². The van der Waals surface area contributed by atoms with Gasteiger partial charge < -0.3 is 20.4 Å². The zero-order valence-electron chi connectivity index (χ0n) is 10.4. The van der Waals surface area contributed by atoms with Crippen LogP contribution in [0.1, 0.15) is 12.8 Å². The topological polar surface area (TPSA) is 182 Å². The van der Waals surface area contributed by atoms with E-state index in [1.54, 1.807) is 0 Å². The van der Waals surface area contributed by atoms with Gasteiger partial charge in [-0.25, -0.2) is 4.57 Å². The minimum atomic E-state index is -4.91. The molecule has 0 fully saturated rings.